The number of fused-ring (bicyclic) bond motifs is 3. The van der Waals surface area contributed by atoms with Crippen LogP contribution in [0.25, 0.3) is 32.6 Å². The van der Waals surface area contributed by atoms with Crippen molar-refractivity contribution in [2.75, 3.05) is 6.61 Å². The number of thiophene rings is 1. The maximum absolute atomic E-state index is 10.6. The minimum atomic E-state index is -1.24. The van der Waals surface area contributed by atoms with Gasteiger partial charge in [0.25, 0.3) is 0 Å². The summed E-state index contributed by atoms with van der Waals surface area (Å²) in [6.45, 7) is -0.456. The van der Waals surface area contributed by atoms with Crippen molar-refractivity contribution in [3.05, 3.63) is 71.1 Å². The zero-order valence-electron chi connectivity index (χ0n) is 16.4. The highest BCUT2D eigenvalue weighted by molar-refractivity contribution is 7.19. The van der Waals surface area contributed by atoms with Gasteiger partial charge in [0.15, 0.2) is 0 Å². The van der Waals surface area contributed by atoms with Crippen molar-refractivity contribution in [3.63, 3.8) is 0 Å². The molecule has 2 heterocycles. The first kappa shape index (κ1) is 18.8. The van der Waals surface area contributed by atoms with Gasteiger partial charge in [0.1, 0.15) is 17.2 Å². The van der Waals surface area contributed by atoms with Gasteiger partial charge in [-0.05, 0) is 72.7 Å². The quantitative estimate of drug-likeness (QED) is 0.477. The van der Waals surface area contributed by atoms with E-state index in [4.69, 9.17) is 9.72 Å². The zero-order chi connectivity index (χ0) is 20.5. The van der Waals surface area contributed by atoms with Gasteiger partial charge < -0.3 is 14.6 Å². The standard InChI is InChI=1S/C25H21NO3S/c27-23(28)15-29-18-12-10-17(11-13-18)21-14-20(16-6-2-1-3-7-16)24-19-8-4-5-9-22(19)30-25(24)26-21/h1-3,6-7,10-14H,4-5,8-9,15H2,(H,27,28)/p-1. The van der Waals surface area contributed by atoms with Gasteiger partial charge in [0, 0.05) is 15.8 Å². The topological polar surface area (TPSA) is 62.2 Å². The molecule has 2 aromatic carbocycles. The van der Waals surface area contributed by atoms with E-state index in [0.29, 0.717) is 5.75 Å². The molecule has 0 amide bonds. The predicted octanol–water partition coefficient (Wildman–Crippen LogP) is 4.64. The van der Waals surface area contributed by atoms with Gasteiger partial charge >= 0.3 is 0 Å². The molecule has 0 saturated carbocycles. The van der Waals surface area contributed by atoms with Gasteiger partial charge in [-0.15, -0.1) is 11.3 Å². The Morgan fingerprint density at radius 3 is 2.53 bits per heavy atom. The molecule has 0 N–H and O–H groups in total. The predicted molar refractivity (Wildman–Crippen MR) is 118 cm³/mol. The Bertz CT molecular complexity index is 1210. The fourth-order valence-electron chi connectivity index (χ4n) is 4.12. The second-order valence-electron chi connectivity index (χ2n) is 7.50. The molecule has 1 aliphatic carbocycles. The number of hydrogen-bond donors (Lipinski definition) is 0. The van der Waals surface area contributed by atoms with E-state index < -0.39 is 12.6 Å². The summed E-state index contributed by atoms with van der Waals surface area (Å²) >= 11 is 1.82. The van der Waals surface area contributed by atoms with Gasteiger partial charge in [0.2, 0.25) is 0 Å². The molecule has 1 aliphatic rings. The number of ether oxygens (including phenoxy) is 1. The van der Waals surface area contributed by atoms with Crippen molar-refractivity contribution in [2.24, 2.45) is 0 Å². The Labute approximate surface area is 178 Å². The number of nitrogens with zero attached hydrogens (tertiary/aromatic N) is 1. The molecule has 0 spiro atoms. The number of rotatable bonds is 5. The Morgan fingerprint density at radius 2 is 1.77 bits per heavy atom. The van der Waals surface area contributed by atoms with Crippen LogP contribution in [0, 0.1) is 0 Å². The lowest BCUT2D eigenvalue weighted by Gasteiger charge is -2.13. The summed E-state index contributed by atoms with van der Waals surface area (Å²) in [7, 11) is 0. The molecule has 150 valence electrons. The largest absolute Gasteiger partial charge is 0.546 e. The molecule has 4 aromatic rings. The average molecular weight is 415 g/mol. The summed E-state index contributed by atoms with van der Waals surface area (Å²) in [5.74, 6) is -0.737. The van der Waals surface area contributed by atoms with Crippen LogP contribution in [-0.4, -0.2) is 17.6 Å². The second-order valence-corrected chi connectivity index (χ2v) is 8.58. The molecule has 0 atom stereocenters. The van der Waals surface area contributed by atoms with Crippen LogP contribution < -0.4 is 9.84 Å². The summed E-state index contributed by atoms with van der Waals surface area (Å²) in [4.78, 5) is 18.2. The van der Waals surface area contributed by atoms with Gasteiger partial charge in [-0.1, -0.05) is 30.3 Å². The molecule has 4 nitrogen and oxygen atoms in total. The molecule has 5 rings (SSSR count). The van der Waals surface area contributed by atoms with Crippen molar-refractivity contribution in [1.29, 1.82) is 0 Å². The lowest BCUT2D eigenvalue weighted by atomic mass is 9.92. The normalized spacial score (nSPS) is 13.2. The van der Waals surface area contributed by atoms with Gasteiger partial charge in [-0.2, -0.15) is 0 Å². The van der Waals surface area contributed by atoms with Crippen LogP contribution in [0.2, 0.25) is 0 Å². The fourth-order valence-corrected chi connectivity index (χ4v) is 5.40. The SMILES string of the molecule is O=C([O-])COc1ccc(-c2cc(-c3ccccc3)c3c4c(sc3n2)CCCC4)cc1. The number of aliphatic carboxylic acids is 1. The molecule has 0 unspecified atom stereocenters. The highest BCUT2D eigenvalue weighted by atomic mass is 32.1. The minimum absolute atomic E-state index is 0.456. The monoisotopic (exact) mass is 414 g/mol. The third kappa shape index (κ3) is 3.57. The van der Waals surface area contributed by atoms with E-state index in [1.807, 2.05) is 29.5 Å². The number of pyridine rings is 1. The summed E-state index contributed by atoms with van der Waals surface area (Å²) in [5.41, 5.74) is 5.79. The summed E-state index contributed by atoms with van der Waals surface area (Å²) in [6, 6.07) is 20.0. The van der Waals surface area contributed by atoms with Crippen LogP contribution in [0.1, 0.15) is 23.3 Å². The third-order valence-corrected chi connectivity index (χ3v) is 6.70. The first-order valence-electron chi connectivity index (χ1n) is 10.1. The fraction of sp³-hybridized carbons (Fsp3) is 0.200. The van der Waals surface area contributed by atoms with Crippen LogP contribution in [0.5, 0.6) is 5.75 Å². The van der Waals surface area contributed by atoms with E-state index in [9.17, 15) is 9.90 Å². The molecular formula is C25H20NO3S-. The maximum atomic E-state index is 10.6. The molecular weight excluding hydrogens is 394 g/mol. The average Bonchev–Trinajstić information content (AvgIpc) is 3.16. The van der Waals surface area contributed by atoms with Crippen molar-refractivity contribution < 1.29 is 14.6 Å². The van der Waals surface area contributed by atoms with Crippen LogP contribution in [0.4, 0.5) is 0 Å². The van der Waals surface area contributed by atoms with Crippen molar-refractivity contribution in [1.82, 2.24) is 4.98 Å². The zero-order valence-corrected chi connectivity index (χ0v) is 17.2. The lowest BCUT2D eigenvalue weighted by molar-refractivity contribution is -0.307. The Balaban J connectivity index is 1.62. The first-order chi connectivity index (χ1) is 14.7. The number of aromatic nitrogens is 1. The summed E-state index contributed by atoms with van der Waals surface area (Å²) < 4.78 is 5.20. The molecule has 0 fully saturated rings. The highest BCUT2D eigenvalue weighted by Crippen LogP contribution is 2.42. The van der Waals surface area contributed by atoms with Crippen LogP contribution in [0.3, 0.4) is 0 Å². The van der Waals surface area contributed by atoms with Crippen LogP contribution >= 0.6 is 11.3 Å². The van der Waals surface area contributed by atoms with E-state index in [1.54, 1.807) is 12.1 Å². The number of hydrogen-bond acceptors (Lipinski definition) is 5. The van der Waals surface area contributed by atoms with E-state index in [2.05, 4.69) is 30.3 Å². The Morgan fingerprint density at radius 1 is 1.00 bits per heavy atom. The van der Waals surface area contributed by atoms with Crippen LogP contribution in [0.15, 0.2) is 60.7 Å². The highest BCUT2D eigenvalue weighted by Gasteiger charge is 2.21. The van der Waals surface area contributed by atoms with Crippen molar-refractivity contribution in [2.45, 2.75) is 25.7 Å². The Hall–Kier alpha value is -3.18. The molecule has 0 aliphatic heterocycles. The number of carbonyl (C=O) groups is 1. The number of benzene rings is 2. The smallest absolute Gasteiger partial charge is 0.128 e. The lowest BCUT2D eigenvalue weighted by Crippen LogP contribution is -2.28. The van der Waals surface area contributed by atoms with Gasteiger partial charge in [0.05, 0.1) is 11.7 Å². The molecule has 2 aromatic heterocycles. The van der Waals surface area contributed by atoms with Crippen molar-refractivity contribution >= 4 is 27.5 Å². The molecule has 0 saturated heterocycles. The number of carboxylic acids is 1. The second kappa shape index (κ2) is 7.92. The van der Waals surface area contributed by atoms with Gasteiger partial charge in [-0.25, -0.2) is 4.98 Å². The summed E-state index contributed by atoms with van der Waals surface area (Å²) in [6.07, 6.45) is 4.76. The third-order valence-electron chi connectivity index (χ3n) is 5.52. The van der Waals surface area contributed by atoms with E-state index in [1.165, 1.54) is 39.8 Å². The van der Waals surface area contributed by atoms with Crippen molar-refractivity contribution in [3.8, 4) is 28.1 Å². The molecule has 0 radical (unpaired) electrons. The molecule has 5 heteroatoms. The number of carbonyl (C=O) groups excluding carboxylic acids is 1. The van der Waals surface area contributed by atoms with Gasteiger partial charge in [-0.3, -0.25) is 0 Å². The summed E-state index contributed by atoms with van der Waals surface area (Å²) in [5, 5.41) is 11.9. The number of carboxylic acid groups (broad SMARTS) is 1. The van der Waals surface area contributed by atoms with E-state index in [0.717, 1.165) is 28.9 Å². The molecule has 0 bridgehead atoms. The van der Waals surface area contributed by atoms with Crippen LogP contribution in [-0.2, 0) is 17.6 Å². The van der Waals surface area contributed by atoms with E-state index in [-0.39, 0.29) is 0 Å². The number of aryl methyl sites for hydroxylation is 2. The minimum Gasteiger partial charge on any atom is -0.546 e. The molecule has 30 heavy (non-hydrogen) atoms. The first-order valence-corrected chi connectivity index (χ1v) is 10.9. The van der Waals surface area contributed by atoms with E-state index >= 15 is 0 Å². The Kier molecular flexibility index (Phi) is 4.97. The maximum Gasteiger partial charge on any atom is 0.128 e.